The first-order valence-electron chi connectivity index (χ1n) is 11.3. The number of benzene rings is 2. The maximum atomic E-state index is 12.9. The largest absolute Gasteiger partial charge is 0.376 e. The number of H-pyrrole nitrogens is 1. The molecule has 0 aliphatic carbocycles. The second-order valence-corrected chi connectivity index (χ2v) is 8.97. The highest BCUT2D eigenvalue weighted by Crippen LogP contribution is 2.17. The number of aromatic amines is 1. The lowest BCUT2D eigenvalue weighted by Gasteiger charge is -2.27. The lowest BCUT2D eigenvalue weighted by atomic mass is 10.1. The number of thiocarbonyl (C=S) groups is 1. The van der Waals surface area contributed by atoms with Gasteiger partial charge in [-0.15, -0.1) is 0 Å². The third-order valence-corrected chi connectivity index (χ3v) is 6.63. The molecule has 0 amide bonds. The van der Waals surface area contributed by atoms with Gasteiger partial charge in [0.15, 0.2) is 5.11 Å². The highest BCUT2D eigenvalue weighted by molar-refractivity contribution is 7.80. The molecule has 32 heavy (non-hydrogen) atoms. The first kappa shape index (κ1) is 22.5. The second-order valence-electron chi connectivity index (χ2n) is 8.58. The average Bonchev–Trinajstić information content (AvgIpc) is 3.31. The lowest BCUT2D eigenvalue weighted by molar-refractivity contribution is 0.113. The predicted molar refractivity (Wildman–Crippen MR) is 134 cm³/mol. The van der Waals surface area contributed by atoms with Crippen molar-refractivity contribution < 1.29 is 4.74 Å². The maximum Gasteiger partial charge on any atom is 0.253 e. The van der Waals surface area contributed by atoms with E-state index >= 15 is 0 Å². The van der Waals surface area contributed by atoms with Crippen LogP contribution >= 0.6 is 12.2 Å². The number of rotatable bonds is 7. The molecular formula is C26H31N3O2S. The van der Waals surface area contributed by atoms with Gasteiger partial charge in [-0.3, -0.25) is 4.79 Å². The van der Waals surface area contributed by atoms with Gasteiger partial charge < -0.3 is 19.9 Å². The quantitative estimate of drug-likeness (QED) is 0.529. The number of ether oxygens (including phenoxy) is 1. The molecule has 0 spiro atoms. The van der Waals surface area contributed by atoms with E-state index in [4.69, 9.17) is 17.0 Å². The van der Waals surface area contributed by atoms with E-state index in [1.165, 1.54) is 11.1 Å². The summed E-state index contributed by atoms with van der Waals surface area (Å²) in [4.78, 5) is 18.0. The van der Waals surface area contributed by atoms with Gasteiger partial charge in [-0.05, 0) is 73.5 Å². The molecule has 2 heterocycles. The van der Waals surface area contributed by atoms with Crippen molar-refractivity contribution in [2.75, 3.05) is 19.7 Å². The van der Waals surface area contributed by atoms with Crippen molar-refractivity contribution in [3.63, 3.8) is 0 Å². The summed E-state index contributed by atoms with van der Waals surface area (Å²) in [5.74, 6) is 0. The first-order valence-corrected chi connectivity index (χ1v) is 11.7. The Labute approximate surface area is 194 Å². The number of pyridine rings is 1. The smallest absolute Gasteiger partial charge is 0.253 e. The molecule has 2 aromatic carbocycles. The molecule has 4 rings (SSSR count). The molecule has 1 atom stereocenters. The standard InChI is InChI=1S/C26H31N3O2S/c1-18-7-3-4-9-20(18)12-13-29(26(32)27-16-23-11-6-14-31-23)17-22-15-21-10-5-8-19(2)24(21)28-25(22)30/h3-5,7-10,15,23H,6,11-14,16-17H2,1-2H3,(H,27,32)(H,28,30)/t23-/m1/s1. The number of nitrogens with zero attached hydrogens (tertiary/aromatic N) is 1. The molecule has 1 aromatic heterocycles. The molecule has 0 radical (unpaired) electrons. The molecule has 1 fully saturated rings. The Bertz CT molecular complexity index is 1150. The molecule has 0 saturated carbocycles. The van der Waals surface area contributed by atoms with E-state index in [9.17, 15) is 4.79 Å². The number of aromatic nitrogens is 1. The Morgan fingerprint density at radius 1 is 1.16 bits per heavy atom. The van der Waals surface area contributed by atoms with Crippen LogP contribution in [-0.2, 0) is 17.7 Å². The van der Waals surface area contributed by atoms with E-state index in [-0.39, 0.29) is 11.7 Å². The number of fused-ring (bicyclic) bond motifs is 1. The van der Waals surface area contributed by atoms with Gasteiger partial charge in [-0.25, -0.2) is 0 Å². The highest BCUT2D eigenvalue weighted by Gasteiger charge is 2.18. The van der Waals surface area contributed by atoms with Crippen LogP contribution < -0.4 is 10.9 Å². The minimum atomic E-state index is -0.0605. The van der Waals surface area contributed by atoms with Crippen LogP contribution in [0.2, 0.25) is 0 Å². The zero-order chi connectivity index (χ0) is 22.5. The third kappa shape index (κ3) is 5.37. The Hall–Kier alpha value is -2.70. The molecule has 168 valence electrons. The van der Waals surface area contributed by atoms with Gasteiger partial charge in [-0.1, -0.05) is 42.5 Å². The molecular weight excluding hydrogens is 418 g/mol. The minimum Gasteiger partial charge on any atom is -0.376 e. The fraction of sp³-hybridized carbons (Fsp3) is 0.385. The normalized spacial score (nSPS) is 15.8. The second kappa shape index (κ2) is 10.3. The van der Waals surface area contributed by atoms with Crippen LogP contribution in [0.4, 0.5) is 0 Å². The van der Waals surface area contributed by atoms with Crippen molar-refractivity contribution in [2.45, 2.75) is 45.8 Å². The molecule has 5 nitrogen and oxygen atoms in total. The van der Waals surface area contributed by atoms with Crippen LogP contribution in [0, 0.1) is 13.8 Å². The van der Waals surface area contributed by atoms with Gasteiger partial charge >= 0.3 is 0 Å². The average molecular weight is 450 g/mol. The monoisotopic (exact) mass is 449 g/mol. The van der Waals surface area contributed by atoms with E-state index in [0.717, 1.165) is 48.9 Å². The van der Waals surface area contributed by atoms with Gasteiger partial charge in [-0.2, -0.15) is 0 Å². The summed E-state index contributed by atoms with van der Waals surface area (Å²) in [6, 6.07) is 16.5. The fourth-order valence-electron chi connectivity index (χ4n) is 4.27. The fourth-order valence-corrected chi connectivity index (χ4v) is 4.51. The summed E-state index contributed by atoms with van der Waals surface area (Å²) in [5.41, 5.74) is 5.18. The number of hydrogen-bond donors (Lipinski definition) is 2. The predicted octanol–water partition coefficient (Wildman–Crippen LogP) is 4.24. The third-order valence-electron chi connectivity index (χ3n) is 6.23. The van der Waals surface area contributed by atoms with E-state index in [2.05, 4.69) is 46.4 Å². The van der Waals surface area contributed by atoms with Gasteiger partial charge in [0.1, 0.15) is 0 Å². The van der Waals surface area contributed by atoms with Crippen LogP contribution in [0.15, 0.2) is 53.3 Å². The molecule has 1 aliphatic rings. The summed E-state index contributed by atoms with van der Waals surface area (Å²) in [7, 11) is 0. The van der Waals surface area contributed by atoms with E-state index in [0.29, 0.717) is 23.8 Å². The summed E-state index contributed by atoms with van der Waals surface area (Å²) in [5, 5.41) is 5.08. The Balaban J connectivity index is 1.54. The van der Waals surface area contributed by atoms with Gasteiger partial charge in [0.2, 0.25) is 0 Å². The SMILES string of the molecule is Cc1ccccc1CCN(Cc1cc2cccc(C)c2[nH]c1=O)C(=S)NC[C@H]1CCCO1. The Morgan fingerprint density at radius 2 is 1.97 bits per heavy atom. The van der Waals surface area contributed by atoms with Gasteiger partial charge in [0.25, 0.3) is 5.56 Å². The van der Waals surface area contributed by atoms with Crippen LogP contribution in [0.1, 0.15) is 35.1 Å². The Morgan fingerprint density at radius 3 is 2.75 bits per heavy atom. The van der Waals surface area contributed by atoms with E-state index < -0.39 is 0 Å². The zero-order valence-electron chi connectivity index (χ0n) is 18.8. The van der Waals surface area contributed by atoms with E-state index in [1.807, 2.05) is 31.2 Å². The molecule has 6 heteroatoms. The van der Waals surface area contributed by atoms with Crippen LogP contribution in [0.3, 0.4) is 0 Å². The molecule has 2 N–H and O–H groups in total. The summed E-state index contributed by atoms with van der Waals surface area (Å²) in [6.07, 6.45) is 3.22. The number of aryl methyl sites for hydroxylation is 2. The summed E-state index contributed by atoms with van der Waals surface area (Å²) >= 11 is 5.76. The summed E-state index contributed by atoms with van der Waals surface area (Å²) in [6.45, 7) is 6.85. The van der Waals surface area contributed by atoms with Crippen LogP contribution in [-0.4, -0.2) is 40.8 Å². The van der Waals surface area contributed by atoms with Crippen LogP contribution in [0.5, 0.6) is 0 Å². The van der Waals surface area contributed by atoms with E-state index in [1.54, 1.807) is 0 Å². The van der Waals surface area contributed by atoms with Crippen molar-refractivity contribution in [1.29, 1.82) is 0 Å². The van der Waals surface area contributed by atoms with Gasteiger partial charge in [0.05, 0.1) is 18.2 Å². The minimum absolute atomic E-state index is 0.0605. The van der Waals surface area contributed by atoms with Crippen molar-refractivity contribution in [3.05, 3.63) is 81.1 Å². The molecule has 1 saturated heterocycles. The topological polar surface area (TPSA) is 57.4 Å². The number of hydrogen-bond acceptors (Lipinski definition) is 3. The zero-order valence-corrected chi connectivity index (χ0v) is 19.6. The van der Waals surface area contributed by atoms with Crippen molar-refractivity contribution >= 4 is 28.2 Å². The van der Waals surface area contributed by atoms with Gasteiger partial charge in [0, 0.05) is 25.3 Å². The van der Waals surface area contributed by atoms with Crippen LogP contribution in [0.25, 0.3) is 10.9 Å². The van der Waals surface area contributed by atoms with Crippen molar-refractivity contribution in [1.82, 2.24) is 15.2 Å². The Kier molecular flexibility index (Phi) is 7.22. The molecule has 0 bridgehead atoms. The lowest BCUT2D eigenvalue weighted by Crippen LogP contribution is -2.44. The molecule has 1 aliphatic heterocycles. The van der Waals surface area contributed by atoms with Crippen molar-refractivity contribution in [2.24, 2.45) is 0 Å². The maximum absolute atomic E-state index is 12.9. The number of para-hydroxylation sites is 1. The first-order chi connectivity index (χ1) is 15.5. The summed E-state index contributed by atoms with van der Waals surface area (Å²) < 4.78 is 5.73. The number of nitrogens with one attached hydrogen (secondary N) is 2. The highest BCUT2D eigenvalue weighted by atomic mass is 32.1. The molecule has 3 aromatic rings. The molecule has 0 unspecified atom stereocenters. The van der Waals surface area contributed by atoms with Crippen molar-refractivity contribution in [3.8, 4) is 0 Å².